The van der Waals surface area contributed by atoms with E-state index in [9.17, 15) is 0 Å². The number of nitrogens with zero attached hydrogens (tertiary/aromatic N) is 1. The molecule has 1 aromatic carbocycles. The Morgan fingerprint density at radius 3 is 2.90 bits per heavy atom. The second-order valence-electron chi connectivity index (χ2n) is 5.34. The van der Waals surface area contributed by atoms with Crippen molar-refractivity contribution in [2.45, 2.75) is 38.3 Å². The van der Waals surface area contributed by atoms with E-state index in [1.54, 1.807) is 0 Å². The summed E-state index contributed by atoms with van der Waals surface area (Å²) in [4.78, 5) is 6.30. The standard InChI is InChI=1S/C17H22N2OS/c1-3-20-15(12-8-5-4-6-9-12)17-19-14-11-7-10-13(18-2)16(14)21-17/h4-6,8-9,13,15,18H,3,7,10-11H2,1-2H3. The molecule has 1 heterocycles. The summed E-state index contributed by atoms with van der Waals surface area (Å²) in [7, 11) is 2.04. The molecular formula is C17H22N2OS. The third-order valence-electron chi connectivity index (χ3n) is 3.98. The number of hydrogen-bond acceptors (Lipinski definition) is 4. The number of aromatic nitrogens is 1. The van der Waals surface area contributed by atoms with E-state index in [0.717, 1.165) is 11.4 Å². The van der Waals surface area contributed by atoms with Gasteiger partial charge in [-0.2, -0.15) is 0 Å². The van der Waals surface area contributed by atoms with Crippen LogP contribution in [0.2, 0.25) is 0 Å². The summed E-state index contributed by atoms with van der Waals surface area (Å²) < 4.78 is 5.99. The molecule has 1 aliphatic carbocycles. The lowest BCUT2D eigenvalue weighted by atomic mass is 9.98. The quantitative estimate of drug-likeness (QED) is 0.910. The molecule has 112 valence electrons. The van der Waals surface area contributed by atoms with Crippen molar-refractivity contribution in [3.05, 3.63) is 51.5 Å². The van der Waals surface area contributed by atoms with Crippen molar-refractivity contribution in [2.75, 3.05) is 13.7 Å². The summed E-state index contributed by atoms with van der Waals surface area (Å²) in [5.41, 5.74) is 2.45. The van der Waals surface area contributed by atoms with Gasteiger partial charge in [-0.1, -0.05) is 30.3 Å². The highest BCUT2D eigenvalue weighted by Gasteiger charge is 2.27. The predicted octanol–water partition coefficient (Wildman–Crippen LogP) is 3.87. The average Bonchev–Trinajstić information content (AvgIpc) is 2.97. The summed E-state index contributed by atoms with van der Waals surface area (Å²) in [6.07, 6.45) is 3.48. The number of nitrogens with one attached hydrogen (secondary N) is 1. The minimum Gasteiger partial charge on any atom is -0.367 e. The zero-order valence-electron chi connectivity index (χ0n) is 12.6. The molecule has 1 aromatic heterocycles. The van der Waals surface area contributed by atoms with Crippen LogP contribution in [0.1, 0.15) is 53.1 Å². The molecule has 2 atom stereocenters. The fourth-order valence-corrected chi connectivity index (χ4v) is 4.27. The van der Waals surface area contributed by atoms with Gasteiger partial charge in [0.25, 0.3) is 0 Å². The van der Waals surface area contributed by atoms with Crippen molar-refractivity contribution in [2.24, 2.45) is 0 Å². The average molecular weight is 302 g/mol. The van der Waals surface area contributed by atoms with Gasteiger partial charge in [0.15, 0.2) is 0 Å². The lowest BCUT2D eigenvalue weighted by Crippen LogP contribution is -2.19. The molecule has 1 N–H and O–H groups in total. The SMILES string of the molecule is CCOC(c1ccccc1)c1nc2c(s1)C(NC)CCC2. The third kappa shape index (κ3) is 3.03. The molecule has 0 fully saturated rings. The molecule has 3 rings (SSSR count). The van der Waals surface area contributed by atoms with E-state index in [4.69, 9.17) is 9.72 Å². The fraction of sp³-hybridized carbons (Fsp3) is 0.471. The van der Waals surface area contributed by atoms with Gasteiger partial charge in [-0.25, -0.2) is 4.98 Å². The van der Waals surface area contributed by atoms with Crippen LogP contribution in [-0.2, 0) is 11.2 Å². The molecule has 0 radical (unpaired) electrons. The van der Waals surface area contributed by atoms with Crippen molar-refractivity contribution in [3.8, 4) is 0 Å². The smallest absolute Gasteiger partial charge is 0.134 e. The van der Waals surface area contributed by atoms with Crippen molar-refractivity contribution >= 4 is 11.3 Å². The molecule has 1 aliphatic rings. The van der Waals surface area contributed by atoms with Crippen LogP contribution in [-0.4, -0.2) is 18.6 Å². The highest BCUT2D eigenvalue weighted by Crippen LogP contribution is 2.38. The van der Waals surface area contributed by atoms with E-state index >= 15 is 0 Å². The van der Waals surface area contributed by atoms with Crippen LogP contribution in [0.25, 0.3) is 0 Å². The Labute approximate surface area is 130 Å². The number of ether oxygens (including phenoxy) is 1. The van der Waals surface area contributed by atoms with E-state index in [-0.39, 0.29) is 6.10 Å². The monoisotopic (exact) mass is 302 g/mol. The lowest BCUT2D eigenvalue weighted by molar-refractivity contribution is 0.0910. The zero-order chi connectivity index (χ0) is 14.7. The van der Waals surface area contributed by atoms with Crippen molar-refractivity contribution in [3.63, 3.8) is 0 Å². The van der Waals surface area contributed by atoms with Gasteiger partial charge in [0, 0.05) is 17.5 Å². The molecule has 0 amide bonds. The molecule has 0 saturated carbocycles. The normalized spacial score (nSPS) is 19.2. The molecule has 0 saturated heterocycles. The summed E-state index contributed by atoms with van der Waals surface area (Å²) in [6.45, 7) is 2.74. The minimum atomic E-state index is -0.0377. The van der Waals surface area contributed by atoms with Crippen LogP contribution in [0.5, 0.6) is 0 Å². The van der Waals surface area contributed by atoms with Crippen molar-refractivity contribution in [1.82, 2.24) is 10.3 Å². The molecule has 0 aliphatic heterocycles. The summed E-state index contributed by atoms with van der Waals surface area (Å²) in [5.74, 6) is 0. The van der Waals surface area contributed by atoms with Crippen LogP contribution < -0.4 is 5.32 Å². The molecular weight excluding hydrogens is 280 g/mol. The number of benzene rings is 1. The lowest BCUT2D eigenvalue weighted by Gasteiger charge is -2.20. The second-order valence-corrected chi connectivity index (χ2v) is 6.40. The fourth-order valence-electron chi connectivity index (χ4n) is 2.93. The van der Waals surface area contributed by atoms with Gasteiger partial charge in [-0.15, -0.1) is 11.3 Å². The minimum absolute atomic E-state index is 0.0377. The Morgan fingerprint density at radius 2 is 2.19 bits per heavy atom. The summed E-state index contributed by atoms with van der Waals surface area (Å²) in [6, 6.07) is 10.9. The van der Waals surface area contributed by atoms with E-state index in [1.807, 2.05) is 31.4 Å². The van der Waals surface area contributed by atoms with Gasteiger partial charge in [-0.05, 0) is 38.8 Å². The maximum Gasteiger partial charge on any atom is 0.134 e. The number of hydrogen-bond donors (Lipinski definition) is 1. The van der Waals surface area contributed by atoms with Gasteiger partial charge in [-0.3, -0.25) is 0 Å². The summed E-state index contributed by atoms with van der Waals surface area (Å²) in [5, 5.41) is 4.51. The molecule has 3 nitrogen and oxygen atoms in total. The van der Waals surface area contributed by atoms with Gasteiger partial charge >= 0.3 is 0 Å². The zero-order valence-corrected chi connectivity index (χ0v) is 13.5. The first-order chi connectivity index (χ1) is 10.3. The predicted molar refractivity (Wildman–Crippen MR) is 86.8 cm³/mol. The number of rotatable bonds is 5. The Hall–Kier alpha value is -1.23. The maximum absolute atomic E-state index is 5.99. The van der Waals surface area contributed by atoms with Gasteiger partial charge < -0.3 is 10.1 Å². The Balaban J connectivity index is 1.95. The molecule has 4 heteroatoms. The molecule has 0 spiro atoms. The molecule has 0 bridgehead atoms. The number of aryl methyl sites for hydroxylation is 1. The first kappa shape index (κ1) is 14.7. The molecule has 2 aromatic rings. The Kier molecular flexibility index (Phi) is 4.68. The van der Waals surface area contributed by atoms with Crippen LogP contribution in [0, 0.1) is 0 Å². The largest absolute Gasteiger partial charge is 0.367 e. The second kappa shape index (κ2) is 6.69. The number of fused-ring (bicyclic) bond motifs is 1. The van der Waals surface area contributed by atoms with E-state index in [0.29, 0.717) is 12.6 Å². The highest BCUT2D eigenvalue weighted by molar-refractivity contribution is 7.12. The van der Waals surface area contributed by atoms with Crippen LogP contribution in [0.3, 0.4) is 0 Å². The van der Waals surface area contributed by atoms with E-state index in [1.165, 1.54) is 29.0 Å². The van der Waals surface area contributed by atoms with Crippen molar-refractivity contribution in [1.29, 1.82) is 0 Å². The van der Waals surface area contributed by atoms with Crippen LogP contribution in [0.15, 0.2) is 30.3 Å². The Morgan fingerprint density at radius 1 is 1.38 bits per heavy atom. The number of thiazole rings is 1. The first-order valence-corrected chi connectivity index (χ1v) is 8.48. The molecule has 21 heavy (non-hydrogen) atoms. The third-order valence-corrected chi connectivity index (χ3v) is 5.23. The van der Waals surface area contributed by atoms with Crippen molar-refractivity contribution < 1.29 is 4.74 Å². The van der Waals surface area contributed by atoms with Crippen LogP contribution in [0.4, 0.5) is 0 Å². The maximum atomic E-state index is 5.99. The van der Waals surface area contributed by atoms with Gasteiger partial charge in [0.1, 0.15) is 11.1 Å². The topological polar surface area (TPSA) is 34.1 Å². The molecule has 2 unspecified atom stereocenters. The first-order valence-electron chi connectivity index (χ1n) is 7.66. The van der Waals surface area contributed by atoms with E-state index in [2.05, 4.69) is 29.6 Å². The van der Waals surface area contributed by atoms with Crippen LogP contribution >= 0.6 is 11.3 Å². The van der Waals surface area contributed by atoms with Gasteiger partial charge in [0.05, 0.1) is 5.69 Å². The van der Waals surface area contributed by atoms with Gasteiger partial charge in [0.2, 0.25) is 0 Å². The Bertz CT molecular complexity index is 582. The van der Waals surface area contributed by atoms with E-state index < -0.39 is 0 Å². The summed E-state index contributed by atoms with van der Waals surface area (Å²) >= 11 is 1.81. The highest BCUT2D eigenvalue weighted by atomic mass is 32.1.